The predicted molar refractivity (Wildman–Crippen MR) is 72.6 cm³/mol. The highest BCUT2D eigenvalue weighted by atomic mass is 16.4. The Labute approximate surface area is 114 Å². The van der Waals surface area contributed by atoms with Gasteiger partial charge in [-0.15, -0.1) is 6.42 Å². The topological polar surface area (TPSA) is 69.6 Å². The first-order chi connectivity index (χ1) is 8.84. The summed E-state index contributed by atoms with van der Waals surface area (Å²) in [7, 11) is 0. The zero-order chi connectivity index (χ0) is 14.5. The number of urea groups is 1. The van der Waals surface area contributed by atoms with Gasteiger partial charge in [0, 0.05) is 19.5 Å². The number of amides is 2. The molecular weight excluding hydrogens is 244 g/mol. The average Bonchev–Trinajstić information content (AvgIpc) is 2.36. The number of carbonyl (C=O) groups is 2. The van der Waals surface area contributed by atoms with Crippen molar-refractivity contribution >= 4 is 12.0 Å². The van der Waals surface area contributed by atoms with Gasteiger partial charge in [-0.2, -0.15) is 0 Å². The lowest BCUT2D eigenvalue weighted by molar-refractivity contribution is -0.137. The summed E-state index contributed by atoms with van der Waals surface area (Å²) < 4.78 is 0. The van der Waals surface area contributed by atoms with Crippen LogP contribution in [-0.4, -0.2) is 40.6 Å². The number of hydrogen-bond acceptors (Lipinski definition) is 2. The van der Waals surface area contributed by atoms with Crippen molar-refractivity contribution in [2.75, 3.05) is 13.1 Å². The van der Waals surface area contributed by atoms with Gasteiger partial charge in [0.1, 0.15) is 0 Å². The molecule has 1 aliphatic heterocycles. The number of rotatable bonds is 4. The Hall–Kier alpha value is -1.70. The van der Waals surface area contributed by atoms with Gasteiger partial charge in [-0.3, -0.25) is 4.79 Å². The van der Waals surface area contributed by atoms with Crippen LogP contribution >= 0.6 is 0 Å². The normalized spacial score (nSPS) is 16.8. The minimum Gasteiger partial charge on any atom is -0.481 e. The quantitative estimate of drug-likeness (QED) is 0.761. The second-order valence-corrected chi connectivity index (χ2v) is 5.56. The zero-order valence-corrected chi connectivity index (χ0v) is 11.6. The lowest BCUT2D eigenvalue weighted by Crippen LogP contribution is -2.51. The van der Waals surface area contributed by atoms with E-state index >= 15 is 0 Å². The lowest BCUT2D eigenvalue weighted by atomic mass is 9.92. The predicted octanol–water partition coefficient (Wildman–Crippen LogP) is 1.68. The molecule has 2 N–H and O–H groups in total. The summed E-state index contributed by atoms with van der Waals surface area (Å²) in [5.41, 5.74) is -0.642. The van der Waals surface area contributed by atoms with Crippen molar-refractivity contribution in [3.63, 3.8) is 0 Å². The van der Waals surface area contributed by atoms with E-state index in [4.69, 9.17) is 11.5 Å². The molecule has 0 aromatic carbocycles. The van der Waals surface area contributed by atoms with Crippen molar-refractivity contribution in [1.29, 1.82) is 0 Å². The van der Waals surface area contributed by atoms with Crippen molar-refractivity contribution in [2.24, 2.45) is 5.92 Å². The van der Waals surface area contributed by atoms with Gasteiger partial charge in [-0.25, -0.2) is 4.79 Å². The van der Waals surface area contributed by atoms with Crippen molar-refractivity contribution in [1.82, 2.24) is 10.2 Å². The van der Waals surface area contributed by atoms with Crippen LogP contribution in [0.2, 0.25) is 0 Å². The first kappa shape index (κ1) is 15.4. The minimum absolute atomic E-state index is 0.139. The van der Waals surface area contributed by atoms with Gasteiger partial charge in [0.15, 0.2) is 0 Å². The first-order valence-electron chi connectivity index (χ1n) is 6.60. The molecule has 0 aliphatic carbocycles. The maximum absolute atomic E-state index is 12.0. The Morgan fingerprint density at radius 3 is 2.47 bits per heavy atom. The number of hydrogen-bond donors (Lipinski definition) is 2. The molecule has 0 radical (unpaired) electrons. The molecule has 0 saturated carbocycles. The SMILES string of the molecule is C#CC(C)(C)NC(=O)N1CCC(CCC(=O)O)CC1. The highest BCUT2D eigenvalue weighted by Gasteiger charge is 2.26. The molecule has 1 aliphatic rings. The summed E-state index contributed by atoms with van der Waals surface area (Å²) in [6.45, 7) is 4.89. The number of terminal acetylenes is 1. The fraction of sp³-hybridized carbons (Fsp3) is 0.714. The maximum Gasteiger partial charge on any atom is 0.318 e. The number of aliphatic carboxylic acids is 1. The molecule has 1 heterocycles. The lowest BCUT2D eigenvalue weighted by Gasteiger charge is -2.33. The standard InChI is InChI=1S/C14H22N2O3/c1-4-14(2,3)15-13(19)16-9-7-11(8-10-16)5-6-12(17)18/h1,11H,5-10H2,2-3H3,(H,15,19)(H,17,18). The van der Waals surface area contributed by atoms with Gasteiger partial charge >= 0.3 is 12.0 Å². The van der Waals surface area contributed by atoms with Crippen molar-refractivity contribution in [2.45, 2.75) is 45.1 Å². The van der Waals surface area contributed by atoms with E-state index in [2.05, 4.69) is 11.2 Å². The summed E-state index contributed by atoms with van der Waals surface area (Å²) in [5.74, 6) is 2.18. The second kappa shape index (κ2) is 6.46. The van der Waals surface area contributed by atoms with Crippen LogP contribution in [-0.2, 0) is 4.79 Å². The number of likely N-dealkylation sites (tertiary alicyclic amines) is 1. The van der Waals surface area contributed by atoms with E-state index in [9.17, 15) is 9.59 Å². The third kappa shape index (κ3) is 5.21. The van der Waals surface area contributed by atoms with E-state index in [1.807, 2.05) is 0 Å². The van der Waals surface area contributed by atoms with Crippen LogP contribution in [0.5, 0.6) is 0 Å². The van der Waals surface area contributed by atoms with E-state index in [-0.39, 0.29) is 12.5 Å². The first-order valence-corrected chi connectivity index (χ1v) is 6.60. The molecule has 0 aromatic heterocycles. The maximum atomic E-state index is 12.0. The van der Waals surface area contributed by atoms with Crippen molar-refractivity contribution in [3.8, 4) is 12.3 Å². The molecule has 106 valence electrons. The molecule has 1 rings (SSSR count). The summed E-state index contributed by atoms with van der Waals surface area (Å²) in [5, 5.41) is 11.4. The van der Waals surface area contributed by atoms with Gasteiger partial charge in [0.2, 0.25) is 0 Å². The van der Waals surface area contributed by atoms with Crippen LogP contribution in [0.3, 0.4) is 0 Å². The highest BCUT2D eigenvalue weighted by molar-refractivity contribution is 5.75. The van der Waals surface area contributed by atoms with Gasteiger partial charge < -0.3 is 15.3 Å². The third-order valence-electron chi connectivity index (χ3n) is 3.45. The van der Waals surface area contributed by atoms with E-state index < -0.39 is 11.5 Å². The molecule has 0 atom stereocenters. The van der Waals surface area contributed by atoms with E-state index in [0.717, 1.165) is 12.8 Å². The van der Waals surface area contributed by atoms with Gasteiger partial charge in [0.25, 0.3) is 0 Å². The molecule has 0 bridgehead atoms. The molecule has 2 amide bonds. The van der Waals surface area contributed by atoms with Crippen LogP contribution in [0.25, 0.3) is 0 Å². The van der Waals surface area contributed by atoms with E-state index in [1.54, 1.807) is 18.7 Å². The summed E-state index contributed by atoms with van der Waals surface area (Å²) >= 11 is 0. The van der Waals surface area contributed by atoms with Crippen LogP contribution in [0, 0.1) is 18.3 Å². The van der Waals surface area contributed by atoms with Gasteiger partial charge in [0.05, 0.1) is 5.54 Å². The Balaban J connectivity index is 2.35. The van der Waals surface area contributed by atoms with Gasteiger partial charge in [-0.1, -0.05) is 5.92 Å². The molecule has 5 heteroatoms. The molecule has 5 nitrogen and oxygen atoms in total. The average molecular weight is 266 g/mol. The third-order valence-corrected chi connectivity index (χ3v) is 3.45. The minimum atomic E-state index is -0.754. The van der Waals surface area contributed by atoms with E-state index in [1.165, 1.54) is 0 Å². The number of piperidine rings is 1. The largest absolute Gasteiger partial charge is 0.481 e. The fourth-order valence-electron chi connectivity index (χ4n) is 2.13. The summed E-state index contributed by atoms with van der Waals surface area (Å²) in [6.07, 6.45) is 7.96. The molecular formula is C14H22N2O3. The van der Waals surface area contributed by atoms with Crippen molar-refractivity contribution < 1.29 is 14.7 Å². The Morgan fingerprint density at radius 1 is 1.42 bits per heavy atom. The Morgan fingerprint density at radius 2 is 2.00 bits per heavy atom. The summed E-state index contributed by atoms with van der Waals surface area (Å²) in [4.78, 5) is 24.2. The Bertz CT molecular complexity index is 377. The highest BCUT2D eigenvalue weighted by Crippen LogP contribution is 2.22. The van der Waals surface area contributed by atoms with Crippen LogP contribution in [0.4, 0.5) is 4.79 Å². The fourth-order valence-corrected chi connectivity index (χ4v) is 2.13. The number of carboxylic acids is 1. The summed E-state index contributed by atoms with van der Waals surface area (Å²) in [6, 6.07) is -0.139. The second-order valence-electron chi connectivity index (χ2n) is 5.56. The molecule has 0 unspecified atom stereocenters. The Kier molecular flexibility index (Phi) is 5.22. The molecule has 1 fully saturated rings. The smallest absolute Gasteiger partial charge is 0.318 e. The van der Waals surface area contributed by atoms with Gasteiger partial charge in [-0.05, 0) is 39.0 Å². The number of carbonyl (C=O) groups excluding carboxylic acids is 1. The number of carboxylic acid groups (broad SMARTS) is 1. The van der Waals surface area contributed by atoms with Crippen molar-refractivity contribution in [3.05, 3.63) is 0 Å². The number of nitrogens with zero attached hydrogens (tertiary/aromatic N) is 1. The zero-order valence-electron chi connectivity index (χ0n) is 11.6. The molecule has 0 aromatic rings. The molecule has 19 heavy (non-hydrogen) atoms. The van der Waals surface area contributed by atoms with Crippen LogP contribution in [0.15, 0.2) is 0 Å². The monoisotopic (exact) mass is 266 g/mol. The molecule has 1 saturated heterocycles. The van der Waals surface area contributed by atoms with Crippen LogP contribution in [0.1, 0.15) is 39.5 Å². The van der Waals surface area contributed by atoms with E-state index in [0.29, 0.717) is 25.4 Å². The molecule has 0 spiro atoms. The van der Waals surface area contributed by atoms with Crippen LogP contribution < -0.4 is 5.32 Å². The number of nitrogens with one attached hydrogen (secondary N) is 1.